The summed E-state index contributed by atoms with van der Waals surface area (Å²) in [4.78, 5) is 22.8. The highest BCUT2D eigenvalue weighted by atomic mass is 16.5. The van der Waals surface area contributed by atoms with Crippen molar-refractivity contribution in [3.05, 3.63) is 22.8 Å². The van der Waals surface area contributed by atoms with Crippen LogP contribution in [0.4, 0.5) is 0 Å². The molecule has 0 radical (unpaired) electrons. The number of aliphatic hydroxyl groups is 1. The normalized spacial score (nSPS) is 25.6. The van der Waals surface area contributed by atoms with Crippen molar-refractivity contribution in [1.29, 1.82) is 0 Å². The highest BCUT2D eigenvalue weighted by molar-refractivity contribution is 6.00. The third-order valence-corrected chi connectivity index (χ3v) is 5.30. The van der Waals surface area contributed by atoms with Crippen molar-refractivity contribution in [2.75, 3.05) is 0 Å². The second kappa shape index (κ2) is 6.22. The van der Waals surface area contributed by atoms with Gasteiger partial charge in [0.25, 0.3) is 5.91 Å². The second-order valence-corrected chi connectivity index (χ2v) is 7.18. The molecule has 1 amide bonds. The molecule has 0 bridgehead atoms. The fourth-order valence-corrected chi connectivity index (χ4v) is 3.50. The van der Waals surface area contributed by atoms with E-state index in [-0.39, 0.29) is 18.1 Å². The summed E-state index contributed by atoms with van der Waals surface area (Å²) in [6.45, 7) is 3.77. The molecule has 0 saturated heterocycles. The van der Waals surface area contributed by atoms with Crippen LogP contribution in [0.3, 0.4) is 0 Å². The Labute approximate surface area is 145 Å². The zero-order valence-electron chi connectivity index (χ0n) is 14.3. The molecule has 7 nitrogen and oxygen atoms in total. The average molecular weight is 349 g/mol. The van der Waals surface area contributed by atoms with E-state index in [1.54, 1.807) is 13.8 Å². The van der Waals surface area contributed by atoms with E-state index >= 15 is 0 Å². The Morgan fingerprint density at radius 2 is 2.20 bits per heavy atom. The van der Waals surface area contributed by atoms with Crippen molar-refractivity contribution >= 4 is 11.9 Å². The molecule has 136 valence electrons. The molecule has 4 N–H and O–H groups in total. The number of ether oxygens (including phenoxy) is 1. The van der Waals surface area contributed by atoms with Gasteiger partial charge < -0.3 is 25.4 Å². The molecule has 7 heteroatoms. The standard InChI is InChI=1S/C18H23NO6/c1-9(17(23)24)4-3-5-18(2)14(21)7-11-13(20)6-10-12(15(11)25-18)8-19-16(10)22/h6,9,14,20-21H,3-5,7-8H2,1-2H3,(H,19,22)(H,23,24). The fourth-order valence-electron chi connectivity index (χ4n) is 3.50. The summed E-state index contributed by atoms with van der Waals surface area (Å²) in [6, 6.07) is 1.42. The Morgan fingerprint density at radius 1 is 1.48 bits per heavy atom. The van der Waals surface area contributed by atoms with Crippen molar-refractivity contribution in [2.45, 2.75) is 57.8 Å². The molecule has 2 heterocycles. The van der Waals surface area contributed by atoms with E-state index in [0.717, 1.165) is 0 Å². The summed E-state index contributed by atoms with van der Waals surface area (Å²) in [5.74, 6) is -1.13. The van der Waals surface area contributed by atoms with Crippen LogP contribution < -0.4 is 10.1 Å². The molecule has 1 aromatic carbocycles. The summed E-state index contributed by atoms with van der Waals surface area (Å²) in [6.07, 6.45) is 0.972. The number of carbonyl (C=O) groups excluding carboxylic acids is 1. The van der Waals surface area contributed by atoms with E-state index in [1.165, 1.54) is 6.07 Å². The van der Waals surface area contributed by atoms with Gasteiger partial charge in [0.2, 0.25) is 0 Å². The molecule has 2 aliphatic rings. The number of nitrogens with one attached hydrogen (secondary N) is 1. The molecule has 0 aliphatic carbocycles. The number of aromatic hydroxyl groups is 1. The summed E-state index contributed by atoms with van der Waals surface area (Å²) in [5.41, 5.74) is 0.724. The first-order chi connectivity index (χ1) is 11.7. The lowest BCUT2D eigenvalue weighted by atomic mass is 9.83. The SMILES string of the molecule is CC(CCCC1(C)Oc2c(c(O)cc3c2CNC3=O)CC1O)C(=O)O. The molecule has 3 rings (SSSR count). The molecule has 25 heavy (non-hydrogen) atoms. The lowest BCUT2D eigenvalue weighted by Crippen LogP contribution is -2.49. The smallest absolute Gasteiger partial charge is 0.306 e. The monoisotopic (exact) mass is 349 g/mol. The Morgan fingerprint density at radius 3 is 2.88 bits per heavy atom. The van der Waals surface area contributed by atoms with Gasteiger partial charge in [-0.25, -0.2) is 0 Å². The quantitative estimate of drug-likeness (QED) is 0.641. The van der Waals surface area contributed by atoms with Crippen molar-refractivity contribution in [3.8, 4) is 11.5 Å². The van der Waals surface area contributed by atoms with Crippen LogP contribution in [0.15, 0.2) is 6.07 Å². The summed E-state index contributed by atoms with van der Waals surface area (Å²) in [5, 5.41) is 32.4. The minimum Gasteiger partial charge on any atom is -0.508 e. The molecule has 0 aromatic heterocycles. The van der Waals surface area contributed by atoms with Gasteiger partial charge in [-0.1, -0.05) is 6.92 Å². The van der Waals surface area contributed by atoms with Gasteiger partial charge in [0.15, 0.2) is 0 Å². The van der Waals surface area contributed by atoms with Gasteiger partial charge in [0.05, 0.1) is 17.6 Å². The number of fused-ring (bicyclic) bond motifs is 3. The molecule has 3 unspecified atom stereocenters. The number of carboxylic acid groups (broad SMARTS) is 1. The van der Waals surface area contributed by atoms with Crippen LogP contribution in [0.25, 0.3) is 0 Å². The predicted molar refractivity (Wildman–Crippen MR) is 88.7 cm³/mol. The van der Waals surface area contributed by atoms with Crippen molar-refractivity contribution < 1.29 is 29.6 Å². The molecule has 2 aliphatic heterocycles. The van der Waals surface area contributed by atoms with Gasteiger partial charge in [-0.2, -0.15) is 0 Å². The van der Waals surface area contributed by atoms with Crippen LogP contribution in [0, 0.1) is 5.92 Å². The number of hydrogen-bond acceptors (Lipinski definition) is 5. The third-order valence-electron chi connectivity index (χ3n) is 5.30. The van der Waals surface area contributed by atoms with Crippen molar-refractivity contribution in [3.63, 3.8) is 0 Å². The van der Waals surface area contributed by atoms with Crippen LogP contribution in [-0.2, 0) is 17.8 Å². The molecular weight excluding hydrogens is 326 g/mol. The van der Waals surface area contributed by atoms with Gasteiger partial charge in [-0.05, 0) is 32.3 Å². The number of amides is 1. The summed E-state index contributed by atoms with van der Waals surface area (Å²) < 4.78 is 6.10. The maximum atomic E-state index is 11.9. The lowest BCUT2D eigenvalue weighted by Gasteiger charge is -2.41. The largest absolute Gasteiger partial charge is 0.508 e. The number of aliphatic hydroxyl groups excluding tert-OH is 1. The van der Waals surface area contributed by atoms with E-state index in [0.29, 0.717) is 48.2 Å². The number of phenolic OH excluding ortho intramolecular Hbond substituents is 1. The number of carbonyl (C=O) groups is 2. The minimum absolute atomic E-state index is 0.0496. The Balaban J connectivity index is 1.83. The molecule has 0 fully saturated rings. The molecule has 3 atom stereocenters. The Hall–Kier alpha value is -2.28. The summed E-state index contributed by atoms with van der Waals surface area (Å²) >= 11 is 0. The van der Waals surface area contributed by atoms with Gasteiger partial charge in [0.1, 0.15) is 17.1 Å². The van der Waals surface area contributed by atoms with E-state index in [2.05, 4.69) is 5.32 Å². The highest BCUT2D eigenvalue weighted by Gasteiger charge is 2.43. The van der Waals surface area contributed by atoms with E-state index in [1.807, 2.05) is 0 Å². The van der Waals surface area contributed by atoms with Gasteiger partial charge in [-0.15, -0.1) is 0 Å². The number of benzene rings is 1. The van der Waals surface area contributed by atoms with Gasteiger partial charge in [0, 0.05) is 24.1 Å². The van der Waals surface area contributed by atoms with E-state index in [9.17, 15) is 19.8 Å². The lowest BCUT2D eigenvalue weighted by molar-refractivity contribution is -0.141. The van der Waals surface area contributed by atoms with Crippen LogP contribution in [0.5, 0.6) is 11.5 Å². The average Bonchev–Trinajstić information content (AvgIpc) is 2.90. The number of hydrogen-bond donors (Lipinski definition) is 4. The molecule has 0 spiro atoms. The zero-order valence-corrected chi connectivity index (χ0v) is 14.3. The number of carboxylic acids is 1. The third kappa shape index (κ3) is 3.04. The number of aliphatic carboxylic acids is 1. The molecule has 1 aromatic rings. The second-order valence-electron chi connectivity index (χ2n) is 7.18. The topological polar surface area (TPSA) is 116 Å². The first-order valence-electron chi connectivity index (χ1n) is 8.48. The number of rotatable bonds is 5. The fraction of sp³-hybridized carbons (Fsp3) is 0.556. The highest BCUT2D eigenvalue weighted by Crippen LogP contribution is 2.45. The van der Waals surface area contributed by atoms with Crippen LogP contribution in [0.2, 0.25) is 0 Å². The van der Waals surface area contributed by atoms with Crippen LogP contribution >= 0.6 is 0 Å². The van der Waals surface area contributed by atoms with E-state index < -0.39 is 23.6 Å². The number of phenols is 1. The van der Waals surface area contributed by atoms with E-state index in [4.69, 9.17) is 9.84 Å². The van der Waals surface area contributed by atoms with Gasteiger partial charge >= 0.3 is 5.97 Å². The zero-order chi connectivity index (χ0) is 18.4. The Bertz CT molecular complexity index is 731. The summed E-state index contributed by atoms with van der Waals surface area (Å²) in [7, 11) is 0. The van der Waals surface area contributed by atoms with Crippen molar-refractivity contribution in [2.24, 2.45) is 5.92 Å². The maximum Gasteiger partial charge on any atom is 0.306 e. The first-order valence-corrected chi connectivity index (χ1v) is 8.48. The molecule has 0 saturated carbocycles. The Kier molecular flexibility index (Phi) is 4.36. The maximum absolute atomic E-state index is 11.9. The van der Waals surface area contributed by atoms with Crippen LogP contribution in [0.1, 0.15) is 54.6 Å². The first kappa shape index (κ1) is 17.5. The predicted octanol–water partition coefficient (Wildman–Crippen LogP) is 1.58. The molecular formula is C18H23NO6. The van der Waals surface area contributed by atoms with Crippen LogP contribution in [-0.4, -0.2) is 38.9 Å². The van der Waals surface area contributed by atoms with Gasteiger partial charge in [-0.3, -0.25) is 9.59 Å². The van der Waals surface area contributed by atoms with Crippen molar-refractivity contribution in [1.82, 2.24) is 5.32 Å². The minimum atomic E-state index is -0.890.